The molecule has 134 valence electrons. The van der Waals surface area contributed by atoms with Crippen molar-refractivity contribution >= 4 is 17.8 Å². The molecule has 3 fully saturated rings. The van der Waals surface area contributed by atoms with Crippen molar-refractivity contribution in [1.29, 1.82) is 0 Å². The lowest BCUT2D eigenvalue weighted by molar-refractivity contribution is -0.137. The summed E-state index contributed by atoms with van der Waals surface area (Å²) in [6.07, 6.45) is 8.91. The Hall–Kier alpha value is -1.59. The minimum Gasteiger partial charge on any atom is -0.352 e. The van der Waals surface area contributed by atoms with Crippen LogP contribution in [0.3, 0.4) is 0 Å². The zero-order valence-corrected chi connectivity index (χ0v) is 14.8. The molecule has 2 saturated carbocycles. The summed E-state index contributed by atoms with van der Waals surface area (Å²) in [6, 6.07) is -0.158. The molecule has 0 unspecified atom stereocenters. The van der Waals surface area contributed by atoms with Gasteiger partial charge in [0, 0.05) is 13.1 Å². The molecule has 3 rings (SSSR count). The van der Waals surface area contributed by atoms with E-state index in [0.29, 0.717) is 18.8 Å². The zero-order valence-electron chi connectivity index (χ0n) is 14.8. The van der Waals surface area contributed by atoms with E-state index >= 15 is 0 Å². The minimum atomic E-state index is -0.701. The van der Waals surface area contributed by atoms with E-state index in [-0.39, 0.29) is 30.4 Å². The van der Waals surface area contributed by atoms with Gasteiger partial charge in [-0.2, -0.15) is 0 Å². The van der Waals surface area contributed by atoms with Gasteiger partial charge in [0.15, 0.2) is 0 Å². The van der Waals surface area contributed by atoms with Gasteiger partial charge < -0.3 is 10.2 Å². The molecule has 6 nitrogen and oxygen atoms in total. The number of amides is 4. The standard InChI is InChI=1S/C18H29N3O3/c1-13-8-4-5-9-14(13)19-15(22)12-21-16(23)18(20(2)17(21)24)10-6-3-7-11-18/h13-14H,3-12H2,1-2H3,(H,19,22)/t13-,14-/m0/s1. The van der Waals surface area contributed by atoms with Crippen LogP contribution >= 0.6 is 0 Å². The first-order chi connectivity index (χ1) is 11.5. The predicted octanol–water partition coefficient (Wildman–Crippen LogP) is 2.28. The SMILES string of the molecule is C[C@H]1CCCC[C@@H]1NC(=O)CN1C(=O)N(C)C2(CCCCC2)C1=O. The maximum atomic E-state index is 12.9. The van der Waals surface area contributed by atoms with E-state index in [2.05, 4.69) is 12.2 Å². The van der Waals surface area contributed by atoms with Crippen molar-refractivity contribution < 1.29 is 14.4 Å². The van der Waals surface area contributed by atoms with Gasteiger partial charge in [-0.25, -0.2) is 4.79 Å². The van der Waals surface area contributed by atoms with E-state index in [1.54, 1.807) is 11.9 Å². The van der Waals surface area contributed by atoms with Crippen molar-refractivity contribution in [3.63, 3.8) is 0 Å². The highest BCUT2D eigenvalue weighted by atomic mass is 16.2. The molecule has 0 aromatic rings. The topological polar surface area (TPSA) is 69.7 Å². The smallest absolute Gasteiger partial charge is 0.327 e. The fourth-order valence-corrected chi connectivity index (χ4v) is 4.60. The Morgan fingerprint density at radius 1 is 1.12 bits per heavy atom. The summed E-state index contributed by atoms with van der Waals surface area (Å²) in [6.45, 7) is 2.01. The van der Waals surface area contributed by atoms with Crippen LogP contribution in [0.15, 0.2) is 0 Å². The van der Waals surface area contributed by atoms with Gasteiger partial charge in [0.05, 0.1) is 0 Å². The number of urea groups is 1. The Labute approximate surface area is 143 Å². The Kier molecular flexibility index (Phi) is 4.83. The number of carbonyl (C=O) groups is 3. The van der Waals surface area contributed by atoms with E-state index in [4.69, 9.17) is 0 Å². The molecule has 1 N–H and O–H groups in total. The van der Waals surface area contributed by atoms with Gasteiger partial charge in [-0.15, -0.1) is 0 Å². The monoisotopic (exact) mass is 335 g/mol. The van der Waals surface area contributed by atoms with Gasteiger partial charge in [-0.3, -0.25) is 14.5 Å². The third-order valence-corrected chi connectivity index (χ3v) is 6.24. The van der Waals surface area contributed by atoms with E-state index in [0.717, 1.165) is 43.4 Å². The van der Waals surface area contributed by atoms with Crippen LogP contribution in [-0.2, 0) is 9.59 Å². The lowest BCUT2D eigenvalue weighted by atomic mass is 9.81. The summed E-state index contributed by atoms with van der Waals surface area (Å²) in [5.74, 6) is 0.0679. The number of nitrogens with one attached hydrogen (secondary N) is 1. The summed E-state index contributed by atoms with van der Waals surface area (Å²) >= 11 is 0. The third-order valence-electron chi connectivity index (χ3n) is 6.24. The van der Waals surface area contributed by atoms with Crippen molar-refractivity contribution in [2.24, 2.45) is 5.92 Å². The summed E-state index contributed by atoms with van der Waals surface area (Å²) < 4.78 is 0. The number of carbonyl (C=O) groups excluding carboxylic acids is 3. The molecule has 4 amide bonds. The molecule has 0 aromatic carbocycles. The average molecular weight is 335 g/mol. The van der Waals surface area contributed by atoms with Gasteiger partial charge >= 0.3 is 6.03 Å². The van der Waals surface area contributed by atoms with Crippen LogP contribution in [-0.4, -0.2) is 52.8 Å². The highest BCUT2D eigenvalue weighted by Gasteiger charge is 2.55. The Morgan fingerprint density at radius 2 is 1.79 bits per heavy atom. The molecule has 2 atom stereocenters. The van der Waals surface area contributed by atoms with Crippen LogP contribution < -0.4 is 5.32 Å². The van der Waals surface area contributed by atoms with Crippen LogP contribution in [0.1, 0.15) is 64.7 Å². The fourth-order valence-electron chi connectivity index (χ4n) is 4.60. The van der Waals surface area contributed by atoms with Gasteiger partial charge in [-0.1, -0.05) is 39.0 Å². The summed E-state index contributed by atoms with van der Waals surface area (Å²) in [4.78, 5) is 40.6. The van der Waals surface area contributed by atoms with Crippen molar-refractivity contribution in [2.75, 3.05) is 13.6 Å². The Bertz CT molecular complexity index is 528. The van der Waals surface area contributed by atoms with Gasteiger partial charge in [-0.05, 0) is 31.6 Å². The summed E-state index contributed by atoms with van der Waals surface area (Å²) in [5, 5.41) is 3.04. The van der Waals surface area contributed by atoms with Crippen molar-refractivity contribution in [2.45, 2.75) is 76.3 Å². The first-order valence-electron chi connectivity index (χ1n) is 9.35. The second-order valence-corrected chi connectivity index (χ2v) is 7.76. The lowest BCUT2D eigenvalue weighted by Gasteiger charge is -2.35. The fraction of sp³-hybridized carbons (Fsp3) is 0.833. The highest BCUT2D eigenvalue weighted by Crippen LogP contribution is 2.39. The average Bonchev–Trinajstić information content (AvgIpc) is 2.74. The molecule has 2 aliphatic carbocycles. The second kappa shape index (κ2) is 6.73. The number of likely N-dealkylation sites (N-methyl/N-ethyl adjacent to an activating group) is 1. The summed E-state index contributed by atoms with van der Waals surface area (Å²) in [5.41, 5.74) is -0.701. The molecule has 1 heterocycles. The molecular weight excluding hydrogens is 306 g/mol. The molecule has 0 radical (unpaired) electrons. The van der Waals surface area contributed by atoms with Gasteiger partial charge in [0.1, 0.15) is 12.1 Å². The van der Waals surface area contributed by atoms with Crippen LogP contribution in [0.2, 0.25) is 0 Å². The van der Waals surface area contributed by atoms with Crippen molar-refractivity contribution in [3.05, 3.63) is 0 Å². The largest absolute Gasteiger partial charge is 0.352 e. The van der Waals surface area contributed by atoms with E-state index < -0.39 is 5.54 Å². The zero-order chi connectivity index (χ0) is 17.3. The molecule has 6 heteroatoms. The Balaban J connectivity index is 1.65. The number of imide groups is 1. The predicted molar refractivity (Wildman–Crippen MR) is 90.3 cm³/mol. The third kappa shape index (κ3) is 2.91. The van der Waals surface area contributed by atoms with E-state index in [9.17, 15) is 14.4 Å². The van der Waals surface area contributed by atoms with Crippen LogP contribution in [0.25, 0.3) is 0 Å². The quantitative estimate of drug-likeness (QED) is 0.805. The number of nitrogens with zero attached hydrogens (tertiary/aromatic N) is 2. The molecule has 1 spiro atoms. The first kappa shape index (κ1) is 17.2. The van der Waals surface area contributed by atoms with Crippen LogP contribution in [0.5, 0.6) is 0 Å². The lowest BCUT2D eigenvalue weighted by Crippen LogP contribution is -2.50. The second-order valence-electron chi connectivity index (χ2n) is 7.76. The van der Waals surface area contributed by atoms with Crippen LogP contribution in [0, 0.1) is 5.92 Å². The van der Waals surface area contributed by atoms with E-state index in [1.807, 2.05) is 0 Å². The molecular formula is C18H29N3O3. The molecule has 3 aliphatic rings. The molecule has 1 saturated heterocycles. The first-order valence-corrected chi connectivity index (χ1v) is 9.35. The molecule has 1 aliphatic heterocycles. The Morgan fingerprint density at radius 3 is 2.46 bits per heavy atom. The number of rotatable bonds is 3. The van der Waals surface area contributed by atoms with Crippen molar-refractivity contribution in [3.8, 4) is 0 Å². The highest BCUT2D eigenvalue weighted by molar-refractivity contribution is 6.08. The van der Waals surface area contributed by atoms with Crippen LogP contribution in [0.4, 0.5) is 4.79 Å². The van der Waals surface area contributed by atoms with Gasteiger partial charge in [0.25, 0.3) is 5.91 Å². The molecule has 0 aromatic heterocycles. The molecule has 0 bridgehead atoms. The number of hydrogen-bond acceptors (Lipinski definition) is 3. The minimum absolute atomic E-state index is 0.146. The maximum absolute atomic E-state index is 12.9. The maximum Gasteiger partial charge on any atom is 0.327 e. The molecule has 24 heavy (non-hydrogen) atoms. The van der Waals surface area contributed by atoms with Crippen molar-refractivity contribution in [1.82, 2.24) is 15.1 Å². The number of hydrogen-bond donors (Lipinski definition) is 1. The van der Waals surface area contributed by atoms with E-state index in [1.165, 1.54) is 6.42 Å². The van der Waals surface area contributed by atoms with Gasteiger partial charge in [0.2, 0.25) is 5.91 Å². The summed E-state index contributed by atoms with van der Waals surface area (Å²) in [7, 11) is 1.70. The normalized spacial score (nSPS) is 30.1.